The summed E-state index contributed by atoms with van der Waals surface area (Å²) in [5.41, 5.74) is 3.08. The molecule has 1 aromatic heterocycles. The van der Waals surface area contributed by atoms with Crippen LogP contribution in [0.2, 0.25) is 0 Å². The van der Waals surface area contributed by atoms with Gasteiger partial charge in [0.25, 0.3) is 5.91 Å². The molecule has 1 amide bonds. The van der Waals surface area contributed by atoms with Gasteiger partial charge in [0.2, 0.25) is 0 Å². The summed E-state index contributed by atoms with van der Waals surface area (Å²) in [5, 5.41) is 10.7. The van der Waals surface area contributed by atoms with Crippen molar-refractivity contribution in [3.8, 4) is 11.1 Å². The van der Waals surface area contributed by atoms with Gasteiger partial charge < -0.3 is 10.0 Å². The van der Waals surface area contributed by atoms with Gasteiger partial charge in [-0.1, -0.05) is 29.8 Å². The number of amides is 1. The summed E-state index contributed by atoms with van der Waals surface area (Å²) in [6.07, 6.45) is -0.0369. The second-order valence-electron chi connectivity index (χ2n) is 5.06. The number of carbonyl (C=O) groups excluding carboxylic acids is 1. The Morgan fingerprint density at radius 1 is 1.18 bits per heavy atom. The van der Waals surface area contributed by atoms with Gasteiger partial charge in [0.15, 0.2) is 0 Å². The van der Waals surface area contributed by atoms with Crippen molar-refractivity contribution in [3.05, 3.63) is 46.2 Å². The van der Waals surface area contributed by atoms with Crippen LogP contribution in [0.3, 0.4) is 0 Å². The van der Waals surface area contributed by atoms with Crippen molar-refractivity contribution in [2.75, 3.05) is 13.1 Å². The third-order valence-corrected chi connectivity index (χ3v) is 4.39. The topological polar surface area (TPSA) is 57.6 Å². The molecule has 0 aliphatic heterocycles. The Morgan fingerprint density at radius 2 is 1.86 bits per heavy atom. The van der Waals surface area contributed by atoms with E-state index < -0.39 is 5.97 Å². The van der Waals surface area contributed by atoms with Crippen LogP contribution in [-0.2, 0) is 4.79 Å². The maximum Gasteiger partial charge on any atom is 0.305 e. The van der Waals surface area contributed by atoms with Gasteiger partial charge in [-0.15, -0.1) is 11.3 Å². The van der Waals surface area contributed by atoms with Gasteiger partial charge in [0.05, 0.1) is 11.3 Å². The monoisotopic (exact) mass is 317 g/mol. The van der Waals surface area contributed by atoms with Gasteiger partial charge in [-0.25, -0.2) is 0 Å². The SMILES string of the molecule is CCN(CCC(=O)O)C(=O)c1sccc1-c1ccc(C)cc1. The number of aliphatic carboxylic acids is 1. The molecule has 4 nitrogen and oxygen atoms in total. The molecule has 0 saturated heterocycles. The smallest absolute Gasteiger partial charge is 0.305 e. The van der Waals surface area contributed by atoms with E-state index in [1.54, 1.807) is 4.90 Å². The number of aryl methyl sites for hydroxylation is 1. The second kappa shape index (κ2) is 7.22. The number of carboxylic acids is 1. The highest BCUT2D eigenvalue weighted by molar-refractivity contribution is 7.12. The Kier molecular flexibility index (Phi) is 5.33. The summed E-state index contributed by atoms with van der Waals surface area (Å²) in [7, 11) is 0. The Morgan fingerprint density at radius 3 is 2.45 bits per heavy atom. The molecule has 2 aromatic rings. The first-order valence-electron chi connectivity index (χ1n) is 7.18. The lowest BCUT2D eigenvalue weighted by molar-refractivity contribution is -0.137. The van der Waals surface area contributed by atoms with Gasteiger partial charge in [0.1, 0.15) is 0 Å². The highest BCUT2D eigenvalue weighted by atomic mass is 32.1. The largest absolute Gasteiger partial charge is 0.481 e. The fraction of sp³-hybridized carbons (Fsp3) is 0.294. The molecule has 116 valence electrons. The average Bonchev–Trinajstić information content (AvgIpc) is 2.97. The molecule has 0 atom stereocenters. The quantitative estimate of drug-likeness (QED) is 0.884. The molecule has 0 fully saturated rings. The van der Waals surface area contributed by atoms with E-state index in [4.69, 9.17) is 5.11 Å². The molecule has 0 radical (unpaired) electrons. The van der Waals surface area contributed by atoms with Crippen molar-refractivity contribution in [1.82, 2.24) is 4.90 Å². The molecule has 0 aliphatic rings. The number of hydrogen-bond donors (Lipinski definition) is 1. The number of thiophene rings is 1. The summed E-state index contributed by atoms with van der Waals surface area (Å²) in [4.78, 5) is 25.6. The van der Waals surface area contributed by atoms with Crippen molar-refractivity contribution in [3.63, 3.8) is 0 Å². The van der Waals surface area contributed by atoms with E-state index in [1.807, 2.05) is 49.6 Å². The lowest BCUT2D eigenvalue weighted by atomic mass is 10.0. The van der Waals surface area contributed by atoms with Crippen molar-refractivity contribution >= 4 is 23.2 Å². The van der Waals surface area contributed by atoms with E-state index in [1.165, 1.54) is 16.9 Å². The predicted octanol–water partition coefficient (Wildman–Crippen LogP) is 3.66. The Balaban J connectivity index is 2.25. The van der Waals surface area contributed by atoms with Crippen LogP contribution in [-0.4, -0.2) is 35.0 Å². The minimum atomic E-state index is -0.892. The van der Waals surface area contributed by atoms with Crippen molar-refractivity contribution < 1.29 is 14.7 Å². The first-order valence-corrected chi connectivity index (χ1v) is 8.06. The van der Waals surface area contributed by atoms with Gasteiger partial charge in [-0.05, 0) is 30.9 Å². The standard InChI is InChI=1S/C17H19NO3S/c1-3-18(10-8-15(19)20)17(21)16-14(9-11-22-16)13-6-4-12(2)5-7-13/h4-7,9,11H,3,8,10H2,1-2H3,(H,19,20). The van der Waals surface area contributed by atoms with Crippen LogP contribution in [0.25, 0.3) is 11.1 Å². The third kappa shape index (κ3) is 3.74. The molecular weight excluding hydrogens is 298 g/mol. The number of carbonyl (C=O) groups is 2. The Hall–Kier alpha value is -2.14. The van der Waals surface area contributed by atoms with Crippen LogP contribution < -0.4 is 0 Å². The number of benzene rings is 1. The predicted molar refractivity (Wildman–Crippen MR) is 88.3 cm³/mol. The highest BCUT2D eigenvalue weighted by Crippen LogP contribution is 2.29. The Labute approximate surface area is 134 Å². The first kappa shape index (κ1) is 16.2. The lowest BCUT2D eigenvalue weighted by Gasteiger charge is -2.20. The molecule has 0 bridgehead atoms. The van der Waals surface area contributed by atoms with Gasteiger partial charge in [-0.2, -0.15) is 0 Å². The zero-order chi connectivity index (χ0) is 16.1. The number of nitrogens with zero attached hydrogens (tertiary/aromatic N) is 1. The molecule has 1 N–H and O–H groups in total. The molecular formula is C17H19NO3S. The molecule has 1 heterocycles. The number of rotatable bonds is 6. The van der Waals surface area contributed by atoms with Crippen LogP contribution in [0.5, 0.6) is 0 Å². The molecule has 0 aliphatic carbocycles. The summed E-state index contributed by atoms with van der Waals surface area (Å²) in [6, 6.07) is 9.98. The molecule has 0 saturated carbocycles. The Bertz CT molecular complexity index is 661. The molecule has 22 heavy (non-hydrogen) atoms. The van der Waals surface area contributed by atoms with Crippen LogP contribution in [0.4, 0.5) is 0 Å². The zero-order valence-electron chi connectivity index (χ0n) is 12.7. The van der Waals surface area contributed by atoms with E-state index in [0.717, 1.165) is 11.1 Å². The second-order valence-corrected chi connectivity index (χ2v) is 5.97. The summed E-state index contributed by atoms with van der Waals surface area (Å²) < 4.78 is 0. The zero-order valence-corrected chi connectivity index (χ0v) is 13.5. The highest BCUT2D eigenvalue weighted by Gasteiger charge is 2.20. The van der Waals surface area contributed by atoms with Crippen molar-refractivity contribution in [1.29, 1.82) is 0 Å². The lowest BCUT2D eigenvalue weighted by Crippen LogP contribution is -2.32. The van der Waals surface area contributed by atoms with Gasteiger partial charge >= 0.3 is 5.97 Å². The summed E-state index contributed by atoms with van der Waals surface area (Å²) in [6.45, 7) is 4.61. The first-order chi connectivity index (χ1) is 10.5. The van der Waals surface area contributed by atoms with E-state index in [-0.39, 0.29) is 18.9 Å². The normalized spacial score (nSPS) is 10.5. The van der Waals surface area contributed by atoms with E-state index >= 15 is 0 Å². The van der Waals surface area contributed by atoms with E-state index in [9.17, 15) is 9.59 Å². The van der Waals surface area contributed by atoms with E-state index in [2.05, 4.69) is 0 Å². The van der Waals surface area contributed by atoms with Crippen LogP contribution in [0.15, 0.2) is 35.7 Å². The third-order valence-electron chi connectivity index (χ3n) is 3.49. The maximum absolute atomic E-state index is 12.7. The van der Waals surface area contributed by atoms with Crippen molar-refractivity contribution in [2.45, 2.75) is 20.3 Å². The van der Waals surface area contributed by atoms with Crippen molar-refractivity contribution in [2.24, 2.45) is 0 Å². The van der Waals surface area contributed by atoms with Crippen LogP contribution in [0.1, 0.15) is 28.6 Å². The number of carboxylic acid groups (broad SMARTS) is 1. The number of hydrogen-bond acceptors (Lipinski definition) is 3. The van der Waals surface area contributed by atoms with Gasteiger partial charge in [-0.3, -0.25) is 9.59 Å². The van der Waals surface area contributed by atoms with Crippen LogP contribution >= 0.6 is 11.3 Å². The molecule has 0 unspecified atom stereocenters. The molecule has 0 spiro atoms. The minimum absolute atomic E-state index is 0.0369. The van der Waals surface area contributed by atoms with Gasteiger partial charge in [0, 0.05) is 18.7 Å². The maximum atomic E-state index is 12.7. The van der Waals surface area contributed by atoms with E-state index in [0.29, 0.717) is 11.4 Å². The fourth-order valence-corrected chi connectivity index (χ4v) is 3.10. The fourth-order valence-electron chi connectivity index (χ4n) is 2.21. The summed E-state index contributed by atoms with van der Waals surface area (Å²) in [5.74, 6) is -0.995. The van der Waals surface area contributed by atoms with Crippen LogP contribution in [0, 0.1) is 6.92 Å². The minimum Gasteiger partial charge on any atom is -0.481 e. The molecule has 5 heteroatoms. The molecule has 2 rings (SSSR count). The average molecular weight is 317 g/mol. The summed E-state index contributed by atoms with van der Waals surface area (Å²) >= 11 is 1.40. The molecule has 1 aromatic carbocycles.